The van der Waals surface area contributed by atoms with Crippen molar-refractivity contribution in [2.45, 2.75) is 39.5 Å². The topological polar surface area (TPSA) is 0 Å². The lowest BCUT2D eigenvalue weighted by Gasteiger charge is -2.11. The monoisotopic (exact) mass is 180 g/mol. The van der Waals surface area contributed by atoms with Gasteiger partial charge in [0.05, 0.1) is 0 Å². The van der Waals surface area contributed by atoms with Crippen molar-refractivity contribution in [1.82, 2.24) is 0 Å². The van der Waals surface area contributed by atoms with Crippen molar-refractivity contribution in [3.63, 3.8) is 0 Å². The standard InChI is InChI=1S/C12H17F/c1-4-5-10(3)11-6-9(2)7-12(13)8-11/h6-8,10H,4-5H2,1-3H3. The number of hydrogen-bond acceptors (Lipinski definition) is 0. The van der Waals surface area contributed by atoms with Gasteiger partial charge in [-0.25, -0.2) is 4.39 Å². The Kier molecular flexibility index (Phi) is 3.47. The molecule has 1 heteroatoms. The molecule has 0 aliphatic carbocycles. The zero-order valence-electron chi connectivity index (χ0n) is 8.60. The Morgan fingerprint density at radius 1 is 1.31 bits per heavy atom. The maximum Gasteiger partial charge on any atom is 0.123 e. The van der Waals surface area contributed by atoms with E-state index >= 15 is 0 Å². The van der Waals surface area contributed by atoms with Gasteiger partial charge in [0.25, 0.3) is 0 Å². The maximum absolute atomic E-state index is 13.0. The normalized spacial score (nSPS) is 12.9. The molecule has 0 aliphatic rings. The number of rotatable bonds is 3. The minimum atomic E-state index is -0.113. The molecular formula is C12H17F. The SMILES string of the molecule is CCCC(C)c1cc(C)cc(F)c1. The molecule has 1 aromatic carbocycles. The number of halogens is 1. The molecule has 0 N–H and O–H groups in total. The third-order valence-electron chi connectivity index (χ3n) is 2.36. The van der Waals surface area contributed by atoms with Crippen LogP contribution < -0.4 is 0 Å². The Morgan fingerprint density at radius 3 is 2.54 bits per heavy atom. The number of hydrogen-bond donors (Lipinski definition) is 0. The zero-order chi connectivity index (χ0) is 9.84. The van der Waals surface area contributed by atoms with E-state index in [2.05, 4.69) is 19.9 Å². The molecule has 1 aromatic rings. The van der Waals surface area contributed by atoms with Crippen molar-refractivity contribution < 1.29 is 4.39 Å². The minimum Gasteiger partial charge on any atom is -0.207 e. The van der Waals surface area contributed by atoms with Gasteiger partial charge in [-0.15, -0.1) is 0 Å². The van der Waals surface area contributed by atoms with E-state index in [1.165, 1.54) is 0 Å². The van der Waals surface area contributed by atoms with Gasteiger partial charge in [-0.05, 0) is 42.5 Å². The fourth-order valence-electron chi connectivity index (χ4n) is 1.65. The van der Waals surface area contributed by atoms with E-state index in [1.54, 1.807) is 12.1 Å². The highest BCUT2D eigenvalue weighted by molar-refractivity contribution is 5.26. The van der Waals surface area contributed by atoms with Crippen LogP contribution in [-0.4, -0.2) is 0 Å². The first-order valence-electron chi connectivity index (χ1n) is 4.90. The molecule has 0 amide bonds. The lowest BCUT2D eigenvalue weighted by Crippen LogP contribution is -1.94. The predicted molar refractivity (Wildman–Crippen MR) is 54.5 cm³/mol. The van der Waals surface area contributed by atoms with E-state index < -0.39 is 0 Å². The molecule has 1 atom stereocenters. The first-order valence-corrected chi connectivity index (χ1v) is 4.90. The number of benzene rings is 1. The summed E-state index contributed by atoms with van der Waals surface area (Å²) in [4.78, 5) is 0. The van der Waals surface area contributed by atoms with E-state index in [9.17, 15) is 4.39 Å². The second kappa shape index (κ2) is 4.40. The van der Waals surface area contributed by atoms with Crippen LogP contribution in [0.4, 0.5) is 4.39 Å². The third kappa shape index (κ3) is 2.83. The molecule has 0 saturated heterocycles. The first-order chi connectivity index (χ1) is 6.13. The molecule has 0 nitrogen and oxygen atoms in total. The third-order valence-corrected chi connectivity index (χ3v) is 2.36. The van der Waals surface area contributed by atoms with Crippen LogP contribution in [0.5, 0.6) is 0 Å². The van der Waals surface area contributed by atoms with Gasteiger partial charge in [0.1, 0.15) is 5.82 Å². The Morgan fingerprint density at radius 2 is 2.00 bits per heavy atom. The average Bonchev–Trinajstić information content (AvgIpc) is 2.03. The molecule has 0 spiro atoms. The van der Waals surface area contributed by atoms with Crippen LogP contribution in [0.3, 0.4) is 0 Å². The Labute approximate surface area is 79.8 Å². The van der Waals surface area contributed by atoms with E-state index in [0.717, 1.165) is 24.0 Å². The predicted octanol–water partition coefficient (Wildman–Crippen LogP) is 4.04. The Hall–Kier alpha value is -0.850. The zero-order valence-corrected chi connectivity index (χ0v) is 8.60. The van der Waals surface area contributed by atoms with Gasteiger partial charge in [0.2, 0.25) is 0 Å². The second-order valence-electron chi connectivity index (χ2n) is 3.75. The summed E-state index contributed by atoms with van der Waals surface area (Å²) in [5.74, 6) is 0.359. The first kappa shape index (κ1) is 10.2. The highest BCUT2D eigenvalue weighted by Crippen LogP contribution is 2.22. The molecule has 0 heterocycles. The Balaban J connectivity index is 2.87. The summed E-state index contributed by atoms with van der Waals surface area (Å²) in [7, 11) is 0. The van der Waals surface area contributed by atoms with Crippen LogP contribution in [0.2, 0.25) is 0 Å². The molecule has 1 unspecified atom stereocenters. The van der Waals surface area contributed by atoms with Gasteiger partial charge in [-0.2, -0.15) is 0 Å². The largest absolute Gasteiger partial charge is 0.207 e. The van der Waals surface area contributed by atoms with Crippen molar-refractivity contribution in [2.24, 2.45) is 0 Å². The lowest BCUT2D eigenvalue weighted by atomic mass is 9.95. The fraction of sp³-hybridized carbons (Fsp3) is 0.500. The average molecular weight is 180 g/mol. The number of aryl methyl sites for hydroxylation is 1. The van der Waals surface area contributed by atoms with Crippen molar-refractivity contribution in [2.75, 3.05) is 0 Å². The van der Waals surface area contributed by atoms with Crippen LogP contribution in [0.1, 0.15) is 43.7 Å². The molecule has 0 fully saturated rings. The second-order valence-corrected chi connectivity index (χ2v) is 3.75. The minimum absolute atomic E-state index is 0.113. The quantitative estimate of drug-likeness (QED) is 0.658. The fourth-order valence-corrected chi connectivity index (χ4v) is 1.65. The molecule has 0 bridgehead atoms. The van der Waals surface area contributed by atoms with Gasteiger partial charge < -0.3 is 0 Å². The molecule has 0 saturated carbocycles. The summed E-state index contributed by atoms with van der Waals surface area (Å²) >= 11 is 0. The van der Waals surface area contributed by atoms with Gasteiger partial charge >= 0.3 is 0 Å². The van der Waals surface area contributed by atoms with Crippen LogP contribution >= 0.6 is 0 Å². The molecule has 0 radical (unpaired) electrons. The lowest BCUT2D eigenvalue weighted by molar-refractivity contribution is 0.612. The molecule has 13 heavy (non-hydrogen) atoms. The van der Waals surface area contributed by atoms with Gasteiger partial charge in [0, 0.05) is 0 Å². The van der Waals surface area contributed by atoms with E-state index in [0.29, 0.717) is 5.92 Å². The van der Waals surface area contributed by atoms with Crippen LogP contribution in [0.15, 0.2) is 18.2 Å². The van der Waals surface area contributed by atoms with Crippen LogP contribution in [0.25, 0.3) is 0 Å². The smallest absolute Gasteiger partial charge is 0.123 e. The molecule has 1 rings (SSSR count). The van der Waals surface area contributed by atoms with E-state index in [-0.39, 0.29) is 5.82 Å². The van der Waals surface area contributed by atoms with Crippen molar-refractivity contribution in [3.8, 4) is 0 Å². The van der Waals surface area contributed by atoms with Crippen molar-refractivity contribution >= 4 is 0 Å². The summed E-state index contributed by atoms with van der Waals surface area (Å²) in [6.45, 7) is 6.24. The molecular weight excluding hydrogens is 163 g/mol. The summed E-state index contributed by atoms with van der Waals surface area (Å²) in [6.07, 6.45) is 2.28. The van der Waals surface area contributed by atoms with E-state index in [4.69, 9.17) is 0 Å². The van der Waals surface area contributed by atoms with Gasteiger partial charge in [-0.1, -0.05) is 26.3 Å². The summed E-state index contributed by atoms with van der Waals surface area (Å²) in [6, 6.07) is 5.29. The van der Waals surface area contributed by atoms with Gasteiger partial charge in [-0.3, -0.25) is 0 Å². The molecule has 0 aliphatic heterocycles. The summed E-state index contributed by atoms with van der Waals surface area (Å²) in [5, 5.41) is 0. The van der Waals surface area contributed by atoms with Crippen LogP contribution in [0, 0.1) is 12.7 Å². The van der Waals surface area contributed by atoms with E-state index in [1.807, 2.05) is 6.92 Å². The van der Waals surface area contributed by atoms with Crippen molar-refractivity contribution in [1.29, 1.82) is 0 Å². The summed E-state index contributed by atoms with van der Waals surface area (Å²) < 4.78 is 13.0. The molecule has 0 aromatic heterocycles. The highest BCUT2D eigenvalue weighted by Gasteiger charge is 2.05. The van der Waals surface area contributed by atoms with Gasteiger partial charge in [0.15, 0.2) is 0 Å². The Bertz CT molecular complexity index is 258. The van der Waals surface area contributed by atoms with Crippen LogP contribution in [-0.2, 0) is 0 Å². The van der Waals surface area contributed by atoms with Crippen molar-refractivity contribution in [3.05, 3.63) is 35.1 Å². The molecule has 72 valence electrons. The summed E-state index contributed by atoms with van der Waals surface area (Å²) in [5.41, 5.74) is 2.14. The highest BCUT2D eigenvalue weighted by atomic mass is 19.1. The maximum atomic E-state index is 13.0.